The van der Waals surface area contributed by atoms with Gasteiger partial charge in [-0.3, -0.25) is 0 Å². The van der Waals surface area contributed by atoms with Crippen molar-refractivity contribution >= 4 is 40.3 Å². The second kappa shape index (κ2) is 11.4. The fraction of sp³-hybridized carbons (Fsp3) is 0. The first kappa shape index (κ1) is 27.5. The van der Waals surface area contributed by atoms with Gasteiger partial charge in [-0.05, 0) is 0 Å². The van der Waals surface area contributed by atoms with Crippen LogP contribution in [0.3, 0.4) is 0 Å². The lowest BCUT2D eigenvalue weighted by molar-refractivity contribution is -0.617. The highest BCUT2D eigenvalue weighted by Gasteiger charge is 2.34. The van der Waals surface area contributed by atoms with Gasteiger partial charge in [-0.2, -0.15) is 4.57 Å². The predicted molar refractivity (Wildman–Crippen MR) is 112 cm³/mol. The van der Waals surface area contributed by atoms with E-state index in [0.29, 0.717) is 44.4 Å². The summed E-state index contributed by atoms with van der Waals surface area (Å²) in [6.07, 6.45) is 10.7. The summed E-state index contributed by atoms with van der Waals surface area (Å²) in [5.74, 6) is 0.990. The van der Waals surface area contributed by atoms with Gasteiger partial charge < -0.3 is 54.4 Å². The quantitative estimate of drug-likeness (QED) is 0.228. The molecule has 0 unspecified atom stereocenters. The standard InChI is InChI=1S/C20H15Cl2N7.3ClH/c21-16-18(27-7-1-13(23)2-8-27)17(22)20(29-11-5-15(25)6-12-29)26-19(16)28-9-3-14(24)4-10-28;;;/h1-12,23-25H;3*1H. The molecule has 0 radical (unpaired) electrons. The number of hydrogen-bond donors (Lipinski definition) is 3. The Labute approximate surface area is 213 Å². The molecule has 168 valence electrons. The molecule has 4 aromatic heterocycles. The third-order valence-electron chi connectivity index (χ3n) is 4.33. The van der Waals surface area contributed by atoms with Crippen molar-refractivity contribution < 1.29 is 50.9 Å². The normalized spacial score (nSPS) is 9.81. The van der Waals surface area contributed by atoms with Crippen LogP contribution < -0.4 is 68.1 Å². The van der Waals surface area contributed by atoms with E-state index in [1.807, 2.05) is 0 Å². The van der Waals surface area contributed by atoms with E-state index in [1.165, 1.54) is 0 Å². The zero-order valence-corrected chi connectivity index (χ0v) is 20.1. The van der Waals surface area contributed by atoms with Crippen LogP contribution in [-0.4, -0.2) is 4.98 Å². The highest BCUT2D eigenvalue weighted by atomic mass is 35.5. The molecule has 0 spiro atoms. The third-order valence-corrected chi connectivity index (χ3v) is 5.03. The topological polar surface area (TPSA) is 103 Å². The minimum atomic E-state index is 0. The maximum absolute atomic E-state index is 6.77. The molecule has 0 saturated carbocycles. The van der Waals surface area contributed by atoms with E-state index in [1.54, 1.807) is 87.3 Å². The number of aromatic nitrogens is 4. The average Bonchev–Trinajstić information content (AvgIpc) is 2.71. The van der Waals surface area contributed by atoms with Crippen molar-refractivity contribution in [1.82, 2.24) is 4.98 Å². The summed E-state index contributed by atoms with van der Waals surface area (Å²) in [6.45, 7) is 0. The van der Waals surface area contributed by atoms with Crippen LogP contribution in [0.15, 0.2) is 73.6 Å². The van der Waals surface area contributed by atoms with Crippen molar-refractivity contribution in [2.45, 2.75) is 0 Å². The SMILES string of the molecule is Nc1cc[n+](-c2nc(-[n+]3ccc(N)cc3)c(Cl)c(-[n+]3ccc(N)cc3)c2Cl)cc1.[Cl-].[Cl-].[Cl-]. The molecule has 12 heteroatoms. The lowest BCUT2D eigenvalue weighted by Gasteiger charge is -2.06. The van der Waals surface area contributed by atoms with Gasteiger partial charge in [0.1, 0.15) is 0 Å². The van der Waals surface area contributed by atoms with Crippen molar-refractivity contribution in [3.05, 3.63) is 83.6 Å². The zero-order chi connectivity index (χ0) is 20.5. The molecule has 0 aliphatic carbocycles. The van der Waals surface area contributed by atoms with E-state index >= 15 is 0 Å². The summed E-state index contributed by atoms with van der Waals surface area (Å²) < 4.78 is 5.35. The van der Waals surface area contributed by atoms with E-state index in [2.05, 4.69) is 0 Å². The summed E-state index contributed by atoms with van der Waals surface area (Å²) in [5.41, 5.74) is 19.9. The van der Waals surface area contributed by atoms with Crippen molar-refractivity contribution in [3.8, 4) is 17.3 Å². The molecule has 0 aromatic carbocycles. The maximum atomic E-state index is 6.77. The number of nitrogens with zero attached hydrogens (tertiary/aromatic N) is 4. The van der Waals surface area contributed by atoms with Gasteiger partial charge >= 0.3 is 11.6 Å². The van der Waals surface area contributed by atoms with Crippen LogP contribution in [0.5, 0.6) is 0 Å². The van der Waals surface area contributed by atoms with Gasteiger partial charge in [0.15, 0.2) is 12.4 Å². The summed E-state index contributed by atoms with van der Waals surface area (Å²) in [7, 11) is 0. The van der Waals surface area contributed by atoms with Gasteiger partial charge in [-0.25, -0.2) is 9.13 Å². The molecule has 0 bridgehead atoms. The summed E-state index contributed by atoms with van der Waals surface area (Å²) in [5, 5.41) is 0.749. The predicted octanol–water partition coefficient (Wildman–Crippen LogP) is -7.02. The molecule has 6 N–H and O–H groups in total. The van der Waals surface area contributed by atoms with Crippen molar-refractivity contribution in [1.29, 1.82) is 0 Å². The zero-order valence-electron chi connectivity index (χ0n) is 16.3. The Morgan fingerprint density at radius 2 is 0.812 bits per heavy atom. The van der Waals surface area contributed by atoms with Crippen LogP contribution >= 0.6 is 23.2 Å². The molecule has 32 heavy (non-hydrogen) atoms. The smallest absolute Gasteiger partial charge is 0.358 e. The second-order valence-electron chi connectivity index (χ2n) is 6.35. The van der Waals surface area contributed by atoms with E-state index < -0.39 is 0 Å². The molecule has 4 rings (SSSR count). The van der Waals surface area contributed by atoms with Gasteiger partial charge in [0, 0.05) is 58.4 Å². The fourth-order valence-corrected chi connectivity index (χ4v) is 3.53. The first-order valence-corrected chi connectivity index (χ1v) is 9.40. The van der Waals surface area contributed by atoms with Crippen LogP contribution in [-0.2, 0) is 0 Å². The van der Waals surface area contributed by atoms with Gasteiger partial charge in [-0.1, -0.05) is 23.2 Å². The molecule has 0 aliphatic rings. The molecule has 0 amide bonds. The first-order valence-electron chi connectivity index (χ1n) is 8.64. The number of pyridine rings is 4. The first-order chi connectivity index (χ1) is 13.9. The largest absolute Gasteiger partial charge is 1.00 e. The number of rotatable bonds is 3. The number of nitrogen functional groups attached to an aromatic ring is 3. The Hall–Kier alpha value is -2.55. The van der Waals surface area contributed by atoms with Crippen LogP contribution in [0.4, 0.5) is 17.1 Å². The van der Waals surface area contributed by atoms with E-state index in [4.69, 9.17) is 45.4 Å². The van der Waals surface area contributed by atoms with Crippen molar-refractivity contribution in [3.63, 3.8) is 0 Å². The number of halogens is 5. The lowest BCUT2D eigenvalue weighted by Crippen LogP contribution is -3.00. The maximum Gasteiger partial charge on any atom is 0.358 e. The molecule has 0 atom stereocenters. The van der Waals surface area contributed by atoms with E-state index in [9.17, 15) is 0 Å². The average molecular weight is 534 g/mol. The van der Waals surface area contributed by atoms with Crippen LogP contribution in [0.25, 0.3) is 17.3 Å². The molecule has 7 nitrogen and oxygen atoms in total. The number of hydrogen-bond acceptors (Lipinski definition) is 4. The van der Waals surface area contributed by atoms with Crippen LogP contribution in [0.2, 0.25) is 10.0 Å². The highest BCUT2D eigenvalue weighted by Crippen LogP contribution is 2.30. The molecule has 0 saturated heterocycles. The van der Waals surface area contributed by atoms with Crippen LogP contribution in [0, 0.1) is 0 Å². The minimum absolute atomic E-state index is 0. The van der Waals surface area contributed by atoms with E-state index in [0.717, 1.165) is 0 Å². The van der Waals surface area contributed by atoms with Gasteiger partial charge in [0.2, 0.25) is 10.0 Å². The molecular weight excluding hydrogens is 516 g/mol. The van der Waals surface area contributed by atoms with E-state index in [-0.39, 0.29) is 37.2 Å². The molecule has 0 fully saturated rings. The van der Waals surface area contributed by atoms with Crippen LogP contribution in [0.1, 0.15) is 0 Å². The Morgan fingerprint density at radius 3 is 1.12 bits per heavy atom. The molecule has 0 aliphatic heterocycles. The Balaban J connectivity index is 0.00000171. The molecule has 4 aromatic rings. The van der Waals surface area contributed by atoms with Gasteiger partial charge in [-0.15, -0.1) is 0 Å². The molecular formula is C20H18Cl5N7. The number of anilines is 3. The Bertz CT molecular complexity index is 1120. The highest BCUT2D eigenvalue weighted by molar-refractivity contribution is 6.38. The minimum Gasteiger partial charge on any atom is -1.00 e. The number of nitrogens with two attached hydrogens (primary N) is 3. The van der Waals surface area contributed by atoms with Crippen molar-refractivity contribution in [2.24, 2.45) is 0 Å². The van der Waals surface area contributed by atoms with Crippen molar-refractivity contribution in [2.75, 3.05) is 17.2 Å². The monoisotopic (exact) mass is 531 g/mol. The third kappa shape index (κ3) is 5.43. The summed E-state index contributed by atoms with van der Waals surface area (Å²) in [4.78, 5) is 4.72. The lowest BCUT2D eigenvalue weighted by atomic mass is 10.3. The second-order valence-corrected chi connectivity index (χ2v) is 7.11. The summed E-state index contributed by atoms with van der Waals surface area (Å²) >= 11 is 13.5. The fourth-order valence-electron chi connectivity index (χ4n) is 2.82. The Morgan fingerprint density at radius 1 is 0.531 bits per heavy atom. The van der Waals surface area contributed by atoms with Gasteiger partial charge in [0.25, 0.3) is 5.69 Å². The van der Waals surface area contributed by atoms with Gasteiger partial charge in [0.05, 0.1) is 24.8 Å². The Kier molecular flexibility index (Phi) is 9.75. The molecule has 4 heterocycles. The summed E-state index contributed by atoms with van der Waals surface area (Å²) in [6, 6.07) is 10.6.